The molecule has 0 unspecified atom stereocenters. The first kappa shape index (κ1) is 14.6. The van der Waals surface area contributed by atoms with Crippen molar-refractivity contribution in [2.75, 3.05) is 7.11 Å². The predicted octanol–water partition coefficient (Wildman–Crippen LogP) is 2.96. The highest BCUT2D eigenvalue weighted by Gasteiger charge is 2.06. The van der Waals surface area contributed by atoms with Crippen LogP contribution in [-0.2, 0) is 6.61 Å². The Bertz CT molecular complexity index is 634. The summed E-state index contributed by atoms with van der Waals surface area (Å²) in [5.74, 6) is 1.17. The molecular weight excluding hydrogens is 296 g/mol. The standard InChI is InChI=1S/C14H13ClN2O2S/c1-18-13-4-2-3-9(17-13)8-19-10-5-6-11(14(16)20)12(15)7-10/h2-7H,8H2,1H3,(H2,16,20). The van der Waals surface area contributed by atoms with Crippen molar-refractivity contribution in [2.45, 2.75) is 6.61 Å². The van der Waals surface area contributed by atoms with E-state index in [0.29, 0.717) is 28.8 Å². The Hall–Kier alpha value is -1.85. The average molecular weight is 309 g/mol. The second-order valence-corrected chi connectivity index (χ2v) is 4.81. The van der Waals surface area contributed by atoms with Crippen LogP contribution in [0, 0.1) is 0 Å². The molecule has 2 N–H and O–H groups in total. The van der Waals surface area contributed by atoms with Crippen molar-refractivity contribution in [3.05, 3.63) is 52.7 Å². The zero-order valence-corrected chi connectivity index (χ0v) is 12.4. The van der Waals surface area contributed by atoms with Gasteiger partial charge >= 0.3 is 0 Å². The van der Waals surface area contributed by atoms with E-state index < -0.39 is 0 Å². The molecule has 6 heteroatoms. The van der Waals surface area contributed by atoms with E-state index in [1.807, 2.05) is 12.1 Å². The normalized spacial score (nSPS) is 10.1. The predicted molar refractivity (Wildman–Crippen MR) is 82.5 cm³/mol. The molecule has 0 bridgehead atoms. The van der Waals surface area contributed by atoms with Gasteiger partial charge in [-0.15, -0.1) is 0 Å². The molecule has 0 atom stereocenters. The third kappa shape index (κ3) is 3.59. The molecule has 0 aliphatic heterocycles. The minimum Gasteiger partial charge on any atom is -0.487 e. The number of benzene rings is 1. The maximum atomic E-state index is 6.07. The number of rotatable bonds is 5. The number of aromatic nitrogens is 1. The molecule has 0 saturated carbocycles. The van der Waals surface area contributed by atoms with Crippen LogP contribution in [0.15, 0.2) is 36.4 Å². The molecule has 0 amide bonds. The summed E-state index contributed by atoms with van der Waals surface area (Å²) in [5, 5.41) is 0.466. The summed E-state index contributed by atoms with van der Waals surface area (Å²) in [5.41, 5.74) is 6.94. The van der Waals surface area contributed by atoms with Gasteiger partial charge in [0, 0.05) is 11.6 Å². The van der Waals surface area contributed by atoms with Gasteiger partial charge in [0.05, 0.1) is 17.8 Å². The van der Waals surface area contributed by atoms with Gasteiger partial charge < -0.3 is 15.2 Å². The van der Waals surface area contributed by atoms with Gasteiger partial charge in [0.1, 0.15) is 17.3 Å². The second-order valence-electron chi connectivity index (χ2n) is 3.97. The lowest BCUT2D eigenvalue weighted by Crippen LogP contribution is -2.10. The first-order valence-electron chi connectivity index (χ1n) is 5.82. The zero-order valence-electron chi connectivity index (χ0n) is 10.8. The van der Waals surface area contributed by atoms with Crippen molar-refractivity contribution < 1.29 is 9.47 Å². The van der Waals surface area contributed by atoms with Crippen molar-refractivity contribution in [1.82, 2.24) is 4.98 Å². The van der Waals surface area contributed by atoms with E-state index in [9.17, 15) is 0 Å². The number of hydrogen-bond donors (Lipinski definition) is 1. The van der Waals surface area contributed by atoms with Gasteiger partial charge in [0.2, 0.25) is 5.88 Å². The highest BCUT2D eigenvalue weighted by atomic mass is 35.5. The minimum absolute atomic E-state index is 0.260. The summed E-state index contributed by atoms with van der Waals surface area (Å²) in [6.45, 7) is 0.319. The van der Waals surface area contributed by atoms with Crippen LogP contribution in [-0.4, -0.2) is 17.1 Å². The Morgan fingerprint density at radius 2 is 2.15 bits per heavy atom. The van der Waals surface area contributed by atoms with Gasteiger partial charge in [-0.25, -0.2) is 4.98 Å². The maximum absolute atomic E-state index is 6.07. The number of nitrogens with two attached hydrogens (primary N) is 1. The molecule has 0 aliphatic rings. The highest BCUT2D eigenvalue weighted by Crippen LogP contribution is 2.23. The number of ether oxygens (including phenoxy) is 2. The monoisotopic (exact) mass is 308 g/mol. The summed E-state index contributed by atoms with van der Waals surface area (Å²) in [6, 6.07) is 10.7. The smallest absolute Gasteiger partial charge is 0.213 e. The van der Waals surface area contributed by atoms with Crippen LogP contribution in [0.25, 0.3) is 0 Å². The molecule has 1 aromatic heterocycles. The molecule has 1 aromatic carbocycles. The van der Waals surface area contributed by atoms with Crippen LogP contribution in [0.3, 0.4) is 0 Å². The number of halogens is 1. The van der Waals surface area contributed by atoms with Gasteiger partial charge in [0.15, 0.2) is 0 Å². The van der Waals surface area contributed by atoms with E-state index in [0.717, 1.165) is 5.69 Å². The van der Waals surface area contributed by atoms with Crippen LogP contribution in [0.1, 0.15) is 11.3 Å². The zero-order chi connectivity index (χ0) is 14.5. The quantitative estimate of drug-likeness (QED) is 0.861. The van der Waals surface area contributed by atoms with Crippen LogP contribution < -0.4 is 15.2 Å². The third-order valence-corrected chi connectivity index (χ3v) is 3.12. The van der Waals surface area contributed by atoms with Crippen LogP contribution in [0.2, 0.25) is 5.02 Å². The molecule has 2 rings (SSSR count). The Labute approximate surface area is 127 Å². The molecule has 20 heavy (non-hydrogen) atoms. The van der Waals surface area contributed by atoms with E-state index >= 15 is 0 Å². The fraction of sp³-hybridized carbons (Fsp3) is 0.143. The first-order chi connectivity index (χ1) is 9.60. The number of methoxy groups -OCH3 is 1. The van der Waals surface area contributed by atoms with Gasteiger partial charge in [-0.3, -0.25) is 0 Å². The molecular formula is C14H13ClN2O2S. The second kappa shape index (κ2) is 6.54. The van der Waals surface area contributed by atoms with Gasteiger partial charge in [0.25, 0.3) is 0 Å². The summed E-state index contributed by atoms with van der Waals surface area (Å²) in [6.07, 6.45) is 0. The number of nitrogens with zero attached hydrogens (tertiary/aromatic N) is 1. The van der Waals surface area contributed by atoms with Gasteiger partial charge in [-0.2, -0.15) is 0 Å². The van der Waals surface area contributed by atoms with E-state index in [4.69, 9.17) is 39.0 Å². The summed E-state index contributed by atoms with van der Waals surface area (Å²) < 4.78 is 10.7. The summed E-state index contributed by atoms with van der Waals surface area (Å²) >= 11 is 11.0. The van der Waals surface area contributed by atoms with E-state index in [1.165, 1.54) is 0 Å². The third-order valence-electron chi connectivity index (χ3n) is 2.58. The van der Waals surface area contributed by atoms with Crippen LogP contribution >= 0.6 is 23.8 Å². The molecule has 0 aliphatic carbocycles. The van der Waals surface area contributed by atoms with E-state index in [-0.39, 0.29) is 4.99 Å². The molecule has 0 fully saturated rings. The first-order valence-corrected chi connectivity index (χ1v) is 6.61. The van der Waals surface area contributed by atoms with E-state index in [1.54, 1.807) is 31.4 Å². The van der Waals surface area contributed by atoms with Crippen molar-refractivity contribution in [2.24, 2.45) is 5.73 Å². The van der Waals surface area contributed by atoms with Crippen LogP contribution in [0.4, 0.5) is 0 Å². The fourth-order valence-corrected chi connectivity index (χ4v) is 2.10. The van der Waals surface area contributed by atoms with Crippen LogP contribution in [0.5, 0.6) is 11.6 Å². The molecule has 4 nitrogen and oxygen atoms in total. The fourth-order valence-electron chi connectivity index (χ4n) is 1.59. The number of thiocarbonyl (C=S) groups is 1. The lowest BCUT2D eigenvalue weighted by Gasteiger charge is -2.09. The summed E-state index contributed by atoms with van der Waals surface area (Å²) in [4.78, 5) is 4.51. The van der Waals surface area contributed by atoms with Gasteiger partial charge in [-0.05, 0) is 24.3 Å². The SMILES string of the molecule is COc1cccc(COc2ccc(C(N)=S)c(Cl)c2)n1. The molecule has 0 saturated heterocycles. The Balaban J connectivity index is 2.07. The van der Waals surface area contributed by atoms with Crippen molar-refractivity contribution in [1.29, 1.82) is 0 Å². The molecule has 2 aromatic rings. The topological polar surface area (TPSA) is 57.4 Å². The number of hydrogen-bond acceptors (Lipinski definition) is 4. The van der Waals surface area contributed by atoms with Crippen molar-refractivity contribution in [3.8, 4) is 11.6 Å². The van der Waals surface area contributed by atoms with E-state index in [2.05, 4.69) is 4.98 Å². The minimum atomic E-state index is 0.260. The average Bonchev–Trinajstić information content (AvgIpc) is 2.45. The molecule has 104 valence electrons. The lowest BCUT2D eigenvalue weighted by atomic mass is 10.2. The maximum Gasteiger partial charge on any atom is 0.213 e. The highest BCUT2D eigenvalue weighted by molar-refractivity contribution is 7.80. The Kier molecular flexibility index (Phi) is 4.76. The number of pyridine rings is 1. The van der Waals surface area contributed by atoms with Crippen molar-refractivity contribution in [3.63, 3.8) is 0 Å². The van der Waals surface area contributed by atoms with Gasteiger partial charge in [-0.1, -0.05) is 29.9 Å². The van der Waals surface area contributed by atoms with Crippen molar-refractivity contribution >= 4 is 28.8 Å². The molecule has 0 spiro atoms. The lowest BCUT2D eigenvalue weighted by molar-refractivity contribution is 0.298. The molecule has 1 heterocycles. The summed E-state index contributed by atoms with van der Waals surface area (Å²) in [7, 11) is 1.57. The molecule has 0 radical (unpaired) electrons. The Morgan fingerprint density at radius 3 is 2.80 bits per heavy atom. The largest absolute Gasteiger partial charge is 0.487 e. The Morgan fingerprint density at radius 1 is 1.35 bits per heavy atom.